The van der Waals surface area contributed by atoms with Gasteiger partial charge in [0.25, 0.3) is 0 Å². The Kier molecular flexibility index (Phi) is 5.50. The summed E-state index contributed by atoms with van der Waals surface area (Å²) < 4.78 is 39.3. The van der Waals surface area contributed by atoms with Crippen LogP contribution >= 0.6 is 0 Å². The number of nitrogens with zero attached hydrogens (tertiary/aromatic N) is 1. The monoisotopic (exact) mass is 340 g/mol. The van der Waals surface area contributed by atoms with Gasteiger partial charge in [-0.1, -0.05) is 37.5 Å². The summed E-state index contributed by atoms with van der Waals surface area (Å²) in [5, 5.41) is 0. The van der Waals surface area contributed by atoms with E-state index in [9.17, 15) is 13.2 Å². The van der Waals surface area contributed by atoms with E-state index in [0.717, 1.165) is 44.5 Å². The van der Waals surface area contributed by atoms with Gasteiger partial charge >= 0.3 is 6.18 Å². The minimum absolute atomic E-state index is 0.179. The third-order valence-corrected chi connectivity index (χ3v) is 5.62. The number of halogens is 3. The van der Waals surface area contributed by atoms with Crippen molar-refractivity contribution in [2.24, 2.45) is 11.7 Å². The van der Waals surface area contributed by atoms with Gasteiger partial charge in [0.05, 0.1) is 5.56 Å². The maximum atomic E-state index is 13.1. The van der Waals surface area contributed by atoms with Gasteiger partial charge in [-0.3, -0.25) is 0 Å². The number of hydrogen-bond acceptors (Lipinski definition) is 2. The van der Waals surface area contributed by atoms with E-state index in [1.165, 1.54) is 31.4 Å². The van der Waals surface area contributed by atoms with Crippen LogP contribution in [0.4, 0.5) is 13.2 Å². The number of hydrogen-bond donors (Lipinski definition) is 1. The molecule has 1 aromatic carbocycles. The van der Waals surface area contributed by atoms with Crippen LogP contribution in [-0.4, -0.2) is 30.6 Å². The SMILES string of the molecule is N[C@H]1CCN(CC(c2cccc(C(F)(F)F)c2)C2CCCCC2)C1. The lowest BCUT2D eigenvalue weighted by molar-refractivity contribution is -0.137. The molecule has 1 saturated heterocycles. The average molecular weight is 340 g/mol. The lowest BCUT2D eigenvalue weighted by Crippen LogP contribution is -2.33. The molecule has 3 rings (SSSR count). The minimum atomic E-state index is -4.27. The topological polar surface area (TPSA) is 29.3 Å². The Labute approximate surface area is 142 Å². The molecule has 0 radical (unpaired) electrons. The Morgan fingerprint density at radius 3 is 2.50 bits per heavy atom. The van der Waals surface area contributed by atoms with E-state index in [-0.39, 0.29) is 12.0 Å². The Bertz CT molecular complexity index is 538. The second kappa shape index (κ2) is 7.44. The van der Waals surface area contributed by atoms with Crippen molar-refractivity contribution in [3.63, 3.8) is 0 Å². The first-order valence-electron chi connectivity index (χ1n) is 9.08. The maximum Gasteiger partial charge on any atom is 0.416 e. The average Bonchev–Trinajstić information content (AvgIpc) is 2.98. The van der Waals surface area contributed by atoms with Gasteiger partial charge in [0.2, 0.25) is 0 Å². The largest absolute Gasteiger partial charge is 0.416 e. The van der Waals surface area contributed by atoms with Crippen LogP contribution in [0.15, 0.2) is 24.3 Å². The third kappa shape index (κ3) is 4.31. The van der Waals surface area contributed by atoms with Gasteiger partial charge < -0.3 is 10.6 Å². The van der Waals surface area contributed by atoms with Crippen molar-refractivity contribution in [3.8, 4) is 0 Å². The molecule has 1 aliphatic heterocycles. The second-order valence-electron chi connectivity index (χ2n) is 7.44. The molecule has 1 heterocycles. The zero-order valence-corrected chi connectivity index (χ0v) is 14.1. The Balaban J connectivity index is 1.83. The standard InChI is InChI=1S/C19H27F3N2/c20-19(21,22)16-8-4-7-15(11-16)18(14-5-2-1-3-6-14)13-24-10-9-17(23)12-24/h4,7-8,11,14,17-18H,1-3,5-6,9-10,12-13,23H2/t17-,18?/m0/s1. The van der Waals surface area contributed by atoms with Crippen LogP contribution in [-0.2, 0) is 6.18 Å². The van der Waals surface area contributed by atoms with Gasteiger partial charge in [-0.25, -0.2) is 0 Å². The summed E-state index contributed by atoms with van der Waals surface area (Å²) in [6.07, 6.45) is 2.60. The predicted octanol–water partition coefficient (Wildman–Crippen LogP) is 4.40. The van der Waals surface area contributed by atoms with Gasteiger partial charge in [-0.15, -0.1) is 0 Å². The normalized spacial score (nSPS) is 25.1. The zero-order chi connectivity index (χ0) is 17.2. The van der Waals surface area contributed by atoms with Crippen LogP contribution in [0, 0.1) is 5.92 Å². The smallest absolute Gasteiger partial charge is 0.326 e. The number of likely N-dealkylation sites (tertiary alicyclic amines) is 1. The molecule has 2 N–H and O–H groups in total. The van der Waals surface area contributed by atoms with Gasteiger partial charge in [-0.05, 0) is 49.3 Å². The summed E-state index contributed by atoms with van der Waals surface area (Å²) in [4.78, 5) is 2.34. The summed E-state index contributed by atoms with van der Waals surface area (Å²) in [5.41, 5.74) is 6.32. The van der Waals surface area contributed by atoms with E-state index in [4.69, 9.17) is 5.73 Å². The second-order valence-corrected chi connectivity index (χ2v) is 7.44. The molecule has 0 aromatic heterocycles. The van der Waals surface area contributed by atoms with Crippen LogP contribution in [0.2, 0.25) is 0 Å². The number of nitrogens with two attached hydrogens (primary N) is 1. The molecule has 1 unspecified atom stereocenters. The molecule has 0 amide bonds. The number of benzene rings is 1. The molecule has 24 heavy (non-hydrogen) atoms. The van der Waals surface area contributed by atoms with Crippen molar-refractivity contribution >= 4 is 0 Å². The Morgan fingerprint density at radius 2 is 1.88 bits per heavy atom. The quantitative estimate of drug-likeness (QED) is 0.880. The third-order valence-electron chi connectivity index (χ3n) is 5.62. The zero-order valence-electron chi connectivity index (χ0n) is 14.1. The van der Waals surface area contributed by atoms with Crippen molar-refractivity contribution < 1.29 is 13.2 Å². The molecule has 1 aromatic rings. The van der Waals surface area contributed by atoms with E-state index in [1.54, 1.807) is 6.07 Å². The fourth-order valence-electron chi connectivity index (χ4n) is 4.32. The molecule has 0 spiro atoms. The van der Waals surface area contributed by atoms with E-state index in [0.29, 0.717) is 5.92 Å². The van der Waals surface area contributed by atoms with Crippen LogP contribution in [0.1, 0.15) is 55.6 Å². The van der Waals surface area contributed by atoms with Gasteiger partial charge in [0.15, 0.2) is 0 Å². The van der Waals surface area contributed by atoms with Crippen molar-refractivity contribution in [1.29, 1.82) is 0 Å². The first-order valence-corrected chi connectivity index (χ1v) is 9.08. The fourth-order valence-corrected chi connectivity index (χ4v) is 4.32. The van der Waals surface area contributed by atoms with E-state index >= 15 is 0 Å². The van der Waals surface area contributed by atoms with Crippen LogP contribution in [0.25, 0.3) is 0 Å². The van der Waals surface area contributed by atoms with Gasteiger partial charge in [-0.2, -0.15) is 13.2 Å². The Morgan fingerprint density at radius 1 is 1.12 bits per heavy atom. The first kappa shape index (κ1) is 17.7. The molecule has 1 aliphatic carbocycles. The Hall–Kier alpha value is -1.07. The summed E-state index contributed by atoms with van der Waals surface area (Å²) in [6.45, 7) is 2.66. The van der Waals surface area contributed by atoms with Crippen LogP contribution in [0.5, 0.6) is 0 Å². The highest BCUT2D eigenvalue weighted by atomic mass is 19.4. The first-order chi connectivity index (χ1) is 11.4. The number of rotatable bonds is 4. The summed E-state index contributed by atoms with van der Waals surface area (Å²) >= 11 is 0. The molecule has 134 valence electrons. The van der Waals surface area contributed by atoms with Crippen molar-refractivity contribution in [1.82, 2.24) is 4.90 Å². The molecule has 2 aliphatic rings. The molecular weight excluding hydrogens is 313 g/mol. The minimum Gasteiger partial charge on any atom is -0.326 e. The predicted molar refractivity (Wildman–Crippen MR) is 89.8 cm³/mol. The highest BCUT2D eigenvalue weighted by Gasteiger charge is 2.33. The molecule has 1 saturated carbocycles. The molecular formula is C19H27F3N2. The number of alkyl halides is 3. The van der Waals surface area contributed by atoms with E-state index < -0.39 is 11.7 Å². The molecule has 2 atom stereocenters. The summed E-state index contributed by atoms with van der Waals surface area (Å²) in [6, 6.07) is 6.19. The molecule has 0 bridgehead atoms. The molecule has 2 nitrogen and oxygen atoms in total. The summed E-state index contributed by atoms with van der Waals surface area (Å²) in [5.74, 6) is 0.664. The van der Waals surface area contributed by atoms with E-state index in [1.807, 2.05) is 6.07 Å². The maximum absolute atomic E-state index is 13.1. The van der Waals surface area contributed by atoms with Gasteiger partial charge in [0, 0.05) is 19.1 Å². The van der Waals surface area contributed by atoms with Crippen molar-refractivity contribution in [2.45, 2.75) is 56.7 Å². The molecule has 2 fully saturated rings. The van der Waals surface area contributed by atoms with Gasteiger partial charge in [0.1, 0.15) is 0 Å². The highest BCUT2D eigenvalue weighted by molar-refractivity contribution is 5.29. The highest BCUT2D eigenvalue weighted by Crippen LogP contribution is 2.39. The molecule has 5 heteroatoms. The van der Waals surface area contributed by atoms with Crippen molar-refractivity contribution in [3.05, 3.63) is 35.4 Å². The van der Waals surface area contributed by atoms with Crippen molar-refractivity contribution in [2.75, 3.05) is 19.6 Å². The van der Waals surface area contributed by atoms with Crippen LogP contribution in [0.3, 0.4) is 0 Å². The lowest BCUT2D eigenvalue weighted by Gasteiger charge is -2.34. The summed E-state index contributed by atoms with van der Waals surface area (Å²) in [7, 11) is 0. The van der Waals surface area contributed by atoms with Crippen LogP contribution < -0.4 is 5.73 Å². The fraction of sp³-hybridized carbons (Fsp3) is 0.684. The van der Waals surface area contributed by atoms with E-state index in [2.05, 4.69) is 4.90 Å². The lowest BCUT2D eigenvalue weighted by atomic mass is 9.76.